The molecule has 0 fully saturated rings. The number of allylic oxidation sites excluding steroid dienone is 5. The van der Waals surface area contributed by atoms with Crippen molar-refractivity contribution in [3.8, 4) is 0 Å². The molecule has 18 heavy (non-hydrogen) atoms. The first-order chi connectivity index (χ1) is 8.40. The molecule has 0 aromatic rings. The monoisotopic (exact) mass is 249 g/mol. The first-order valence-electron chi connectivity index (χ1n) is 5.61. The molecule has 0 aromatic carbocycles. The third kappa shape index (κ3) is 4.13. The number of Topliss-reactive ketones (excluding diaryl/α,β-unsaturated/α-hetero) is 1. The lowest BCUT2D eigenvalue weighted by atomic mass is 9.89. The Morgan fingerprint density at radius 1 is 1.44 bits per heavy atom. The van der Waals surface area contributed by atoms with Crippen LogP contribution in [0.15, 0.2) is 53.2 Å². The van der Waals surface area contributed by atoms with Crippen LogP contribution in [0.2, 0.25) is 0 Å². The molecule has 3 nitrogen and oxygen atoms in total. The number of aliphatic hydroxyl groups is 1. The van der Waals surface area contributed by atoms with Gasteiger partial charge >= 0.3 is 0 Å². The van der Waals surface area contributed by atoms with E-state index in [4.69, 9.17) is 0 Å². The Hall–Kier alpha value is -1.97. The Labute approximate surface area is 106 Å². The summed E-state index contributed by atoms with van der Waals surface area (Å²) >= 11 is 0. The smallest absolute Gasteiger partial charge is 0.168 e. The predicted octanol–water partition coefficient (Wildman–Crippen LogP) is 3.42. The Morgan fingerprint density at radius 3 is 2.67 bits per heavy atom. The van der Waals surface area contributed by atoms with E-state index < -0.39 is 5.83 Å². The normalized spacial score (nSPS) is 21.0. The molecular weight excluding hydrogens is 233 g/mol. The summed E-state index contributed by atoms with van der Waals surface area (Å²) in [6.07, 6.45) is 4.61. The van der Waals surface area contributed by atoms with Crippen molar-refractivity contribution in [3.05, 3.63) is 48.2 Å². The SMILES string of the molecule is C=C(F)/C=C\C(=C)N=CC1=C(O)CC(C)CC1=O. The second kappa shape index (κ2) is 6.10. The summed E-state index contributed by atoms with van der Waals surface area (Å²) in [7, 11) is 0. The molecule has 0 bridgehead atoms. The van der Waals surface area contributed by atoms with Gasteiger partial charge in [-0.25, -0.2) is 4.39 Å². The van der Waals surface area contributed by atoms with E-state index in [1.165, 1.54) is 12.3 Å². The lowest BCUT2D eigenvalue weighted by Crippen LogP contribution is -2.18. The average molecular weight is 249 g/mol. The van der Waals surface area contributed by atoms with Crippen LogP contribution < -0.4 is 0 Å². The van der Waals surface area contributed by atoms with E-state index in [1.54, 1.807) is 0 Å². The van der Waals surface area contributed by atoms with Crippen LogP contribution in [0.3, 0.4) is 0 Å². The van der Waals surface area contributed by atoms with Gasteiger partial charge in [-0.2, -0.15) is 0 Å². The van der Waals surface area contributed by atoms with E-state index in [0.717, 1.165) is 6.08 Å². The lowest BCUT2D eigenvalue weighted by molar-refractivity contribution is -0.116. The third-order valence-corrected chi connectivity index (χ3v) is 2.50. The van der Waals surface area contributed by atoms with Gasteiger partial charge in [0.2, 0.25) is 0 Å². The molecule has 1 rings (SSSR count). The van der Waals surface area contributed by atoms with Crippen molar-refractivity contribution in [3.63, 3.8) is 0 Å². The van der Waals surface area contributed by atoms with Gasteiger partial charge in [-0.1, -0.05) is 20.1 Å². The highest BCUT2D eigenvalue weighted by Gasteiger charge is 2.23. The zero-order valence-corrected chi connectivity index (χ0v) is 10.3. The minimum absolute atomic E-state index is 0.0502. The summed E-state index contributed by atoms with van der Waals surface area (Å²) in [5, 5.41) is 9.69. The standard InChI is InChI=1S/C14H16FNO2/c1-9-6-13(17)12(14(18)7-9)8-16-11(3)5-4-10(2)15/h4-5,8-9,17H,2-3,6-7H2,1H3/b5-4-,16-8?. The molecule has 1 atom stereocenters. The number of carbonyl (C=O) groups is 1. The van der Waals surface area contributed by atoms with Gasteiger partial charge in [0, 0.05) is 19.1 Å². The van der Waals surface area contributed by atoms with E-state index in [1.807, 2.05) is 6.92 Å². The zero-order chi connectivity index (χ0) is 13.7. The van der Waals surface area contributed by atoms with Crippen LogP contribution in [0.1, 0.15) is 19.8 Å². The van der Waals surface area contributed by atoms with E-state index in [9.17, 15) is 14.3 Å². The molecule has 0 aromatic heterocycles. The van der Waals surface area contributed by atoms with E-state index in [-0.39, 0.29) is 28.7 Å². The van der Waals surface area contributed by atoms with Crippen molar-refractivity contribution >= 4 is 12.0 Å². The second-order valence-electron chi connectivity index (χ2n) is 4.33. The molecule has 0 saturated carbocycles. The van der Waals surface area contributed by atoms with Crippen molar-refractivity contribution in [2.75, 3.05) is 0 Å². The highest BCUT2D eigenvalue weighted by Crippen LogP contribution is 2.24. The maximum Gasteiger partial charge on any atom is 0.168 e. The molecule has 0 radical (unpaired) electrons. The third-order valence-electron chi connectivity index (χ3n) is 2.50. The van der Waals surface area contributed by atoms with Crippen LogP contribution in [0.4, 0.5) is 4.39 Å². The highest BCUT2D eigenvalue weighted by molar-refractivity contribution is 6.14. The fraction of sp³-hybridized carbons (Fsp3) is 0.286. The number of nitrogens with zero attached hydrogens (tertiary/aromatic N) is 1. The van der Waals surface area contributed by atoms with Gasteiger partial charge in [-0.05, 0) is 18.1 Å². The van der Waals surface area contributed by atoms with Crippen LogP contribution in [-0.2, 0) is 4.79 Å². The minimum Gasteiger partial charge on any atom is -0.511 e. The topological polar surface area (TPSA) is 49.7 Å². The van der Waals surface area contributed by atoms with Crippen molar-refractivity contribution in [1.29, 1.82) is 0 Å². The van der Waals surface area contributed by atoms with Gasteiger partial charge in [-0.3, -0.25) is 9.79 Å². The molecule has 1 aliphatic rings. The van der Waals surface area contributed by atoms with Crippen molar-refractivity contribution < 1.29 is 14.3 Å². The van der Waals surface area contributed by atoms with Crippen LogP contribution in [0.5, 0.6) is 0 Å². The number of rotatable bonds is 4. The van der Waals surface area contributed by atoms with Crippen LogP contribution in [-0.4, -0.2) is 17.1 Å². The zero-order valence-electron chi connectivity index (χ0n) is 10.3. The van der Waals surface area contributed by atoms with Gasteiger partial charge in [-0.15, -0.1) is 0 Å². The quantitative estimate of drug-likeness (QED) is 0.613. The number of hydrogen-bond donors (Lipinski definition) is 1. The van der Waals surface area contributed by atoms with E-state index in [2.05, 4.69) is 18.2 Å². The van der Waals surface area contributed by atoms with Gasteiger partial charge < -0.3 is 5.11 Å². The molecule has 1 aliphatic carbocycles. The molecular formula is C14H16FNO2. The molecule has 0 heterocycles. The Bertz CT molecular complexity index is 472. The number of hydrogen-bond acceptors (Lipinski definition) is 3. The average Bonchev–Trinajstić information content (AvgIpc) is 2.24. The fourth-order valence-electron chi connectivity index (χ4n) is 1.62. The number of carbonyl (C=O) groups excluding carboxylic acids is 1. The van der Waals surface area contributed by atoms with Crippen LogP contribution in [0.25, 0.3) is 0 Å². The first-order valence-corrected chi connectivity index (χ1v) is 5.61. The number of aliphatic hydroxyl groups excluding tert-OH is 1. The van der Waals surface area contributed by atoms with Crippen molar-refractivity contribution in [1.82, 2.24) is 0 Å². The second-order valence-corrected chi connectivity index (χ2v) is 4.33. The summed E-state index contributed by atoms with van der Waals surface area (Å²) in [6, 6.07) is 0. The number of halogens is 1. The maximum absolute atomic E-state index is 12.3. The van der Waals surface area contributed by atoms with Gasteiger partial charge in [0.1, 0.15) is 11.6 Å². The van der Waals surface area contributed by atoms with Gasteiger partial charge in [0.25, 0.3) is 0 Å². The predicted molar refractivity (Wildman–Crippen MR) is 70.1 cm³/mol. The molecule has 0 aliphatic heterocycles. The molecule has 1 unspecified atom stereocenters. The molecule has 1 N–H and O–H groups in total. The van der Waals surface area contributed by atoms with E-state index >= 15 is 0 Å². The van der Waals surface area contributed by atoms with Crippen molar-refractivity contribution in [2.24, 2.45) is 10.9 Å². The van der Waals surface area contributed by atoms with Crippen molar-refractivity contribution in [2.45, 2.75) is 19.8 Å². The maximum atomic E-state index is 12.3. The number of aliphatic imine (C=N–C) groups is 1. The lowest BCUT2D eigenvalue weighted by Gasteiger charge is -2.17. The largest absolute Gasteiger partial charge is 0.511 e. The molecule has 0 amide bonds. The minimum atomic E-state index is -0.601. The molecule has 0 saturated heterocycles. The molecule has 0 spiro atoms. The van der Waals surface area contributed by atoms with E-state index in [0.29, 0.717) is 12.8 Å². The molecule has 96 valence electrons. The Morgan fingerprint density at radius 2 is 2.11 bits per heavy atom. The highest BCUT2D eigenvalue weighted by atomic mass is 19.1. The first kappa shape index (κ1) is 14.1. The summed E-state index contributed by atoms with van der Waals surface area (Å²) < 4.78 is 12.3. The number of ketones is 1. The summed E-state index contributed by atoms with van der Waals surface area (Å²) in [5.74, 6) is -0.542. The van der Waals surface area contributed by atoms with Gasteiger partial charge in [0.05, 0.1) is 11.3 Å². The Balaban J connectivity index is 2.78. The van der Waals surface area contributed by atoms with Gasteiger partial charge in [0.15, 0.2) is 5.78 Å². The van der Waals surface area contributed by atoms with Crippen LogP contribution >= 0.6 is 0 Å². The summed E-state index contributed by atoms with van der Waals surface area (Å²) in [5.41, 5.74) is 0.488. The molecule has 4 heteroatoms. The Kier molecular flexibility index (Phi) is 4.77. The van der Waals surface area contributed by atoms with Crippen LogP contribution in [0, 0.1) is 5.92 Å². The fourth-order valence-corrected chi connectivity index (χ4v) is 1.62. The summed E-state index contributed by atoms with van der Waals surface area (Å²) in [6.45, 7) is 8.53. The summed E-state index contributed by atoms with van der Waals surface area (Å²) in [4.78, 5) is 15.6.